The number of benzene rings is 3. The Labute approximate surface area is 197 Å². The van der Waals surface area contributed by atoms with Crippen LogP contribution in [0.4, 0.5) is 10.1 Å². The highest BCUT2D eigenvalue weighted by molar-refractivity contribution is 6.32. The van der Waals surface area contributed by atoms with E-state index in [1.807, 2.05) is 38.1 Å². The van der Waals surface area contributed by atoms with Crippen LogP contribution >= 0.6 is 11.6 Å². The molecule has 3 rings (SSSR count). The van der Waals surface area contributed by atoms with Gasteiger partial charge in [-0.1, -0.05) is 41.4 Å². The molecule has 33 heavy (non-hydrogen) atoms. The summed E-state index contributed by atoms with van der Waals surface area (Å²) in [5, 5.41) is 12.5. The van der Waals surface area contributed by atoms with Crippen LogP contribution in [0.15, 0.2) is 60.7 Å². The summed E-state index contributed by atoms with van der Waals surface area (Å²) in [5.74, 6) is -0.255. The van der Waals surface area contributed by atoms with Gasteiger partial charge in [-0.25, -0.2) is 4.39 Å². The summed E-state index contributed by atoms with van der Waals surface area (Å²) in [6, 6.07) is 18.6. The van der Waals surface area contributed by atoms with Gasteiger partial charge >= 0.3 is 0 Å². The number of hydrogen-bond donors (Lipinski definition) is 1. The largest absolute Gasteiger partial charge is 0.490 e. The predicted octanol–water partition coefficient (Wildman–Crippen LogP) is 6.27. The minimum atomic E-state index is -0.435. The molecule has 0 bridgehead atoms. The number of allylic oxidation sites excluding steroid dienone is 1. The van der Waals surface area contributed by atoms with Crippen molar-refractivity contribution in [3.05, 3.63) is 88.2 Å². The molecule has 0 unspecified atom stereocenters. The lowest BCUT2D eigenvalue weighted by molar-refractivity contribution is -0.118. The number of nitrogens with zero attached hydrogens (tertiary/aromatic N) is 1. The van der Waals surface area contributed by atoms with Gasteiger partial charge < -0.3 is 14.8 Å². The van der Waals surface area contributed by atoms with Crippen LogP contribution in [-0.2, 0) is 4.79 Å². The van der Waals surface area contributed by atoms with E-state index in [1.165, 1.54) is 24.3 Å². The Bertz CT molecular complexity index is 1200. The summed E-state index contributed by atoms with van der Waals surface area (Å²) in [6.07, 6.45) is 1.71. The first-order valence-corrected chi connectivity index (χ1v) is 10.6. The number of hydrogen-bond acceptors (Lipinski definition) is 4. The zero-order valence-corrected chi connectivity index (χ0v) is 18.9. The number of carbonyl (C=O) groups excluding carboxylic acids is 1. The highest BCUT2D eigenvalue weighted by Gasteiger charge is 2.15. The quantitative estimate of drug-likeness (QED) is 0.315. The van der Waals surface area contributed by atoms with Crippen LogP contribution in [0.25, 0.3) is 11.6 Å². The average molecular weight is 465 g/mol. The Kier molecular flexibility index (Phi) is 8.06. The lowest BCUT2D eigenvalue weighted by atomic mass is 10.0. The van der Waals surface area contributed by atoms with Crippen molar-refractivity contribution in [2.24, 2.45) is 0 Å². The molecule has 0 atom stereocenters. The van der Waals surface area contributed by atoms with E-state index in [2.05, 4.69) is 11.4 Å². The van der Waals surface area contributed by atoms with Crippen molar-refractivity contribution in [1.82, 2.24) is 0 Å². The third-order valence-corrected chi connectivity index (χ3v) is 4.88. The number of ether oxygens (including phenoxy) is 2. The van der Waals surface area contributed by atoms with Gasteiger partial charge in [-0.2, -0.15) is 5.26 Å². The summed E-state index contributed by atoms with van der Waals surface area (Å²) < 4.78 is 24.3. The van der Waals surface area contributed by atoms with E-state index in [4.69, 9.17) is 21.1 Å². The van der Waals surface area contributed by atoms with Gasteiger partial charge in [-0.15, -0.1) is 0 Å². The average Bonchev–Trinajstić information content (AvgIpc) is 2.79. The maximum Gasteiger partial charge on any atom is 0.262 e. The molecule has 168 valence electrons. The molecule has 0 aliphatic heterocycles. The van der Waals surface area contributed by atoms with Crippen LogP contribution in [0, 0.1) is 24.1 Å². The Balaban J connectivity index is 1.80. The SMILES string of the molecule is CCOc1cc(/C=C(/C#N)c2ccc(C)cc2)cc(Cl)c1OCC(=O)Nc1ccc(F)cc1. The van der Waals surface area contributed by atoms with Crippen molar-refractivity contribution in [1.29, 1.82) is 5.26 Å². The Morgan fingerprint density at radius 2 is 1.82 bits per heavy atom. The Morgan fingerprint density at radius 1 is 1.12 bits per heavy atom. The van der Waals surface area contributed by atoms with Gasteiger partial charge in [-0.05, 0) is 67.4 Å². The van der Waals surface area contributed by atoms with Gasteiger partial charge in [0.25, 0.3) is 5.91 Å². The van der Waals surface area contributed by atoms with Crippen LogP contribution in [-0.4, -0.2) is 19.1 Å². The summed E-state index contributed by atoms with van der Waals surface area (Å²) >= 11 is 6.43. The molecule has 3 aromatic carbocycles. The summed E-state index contributed by atoms with van der Waals surface area (Å²) in [4.78, 5) is 12.2. The predicted molar refractivity (Wildman–Crippen MR) is 128 cm³/mol. The fraction of sp³-hybridized carbons (Fsp3) is 0.154. The molecule has 5 nitrogen and oxygen atoms in total. The molecular formula is C26H22ClFN2O3. The van der Waals surface area contributed by atoms with E-state index < -0.39 is 11.7 Å². The lowest BCUT2D eigenvalue weighted by Crippen LogP contribution is -2.20. The number of nitriles is 1. The van der Waals surface area contributed by atoms with Crippen LogP contribution in [0.3, 0.4) is 0 Å². The molecule has 0 aliphatic rings. The van der Waals surface area contributed by atoms with Gasteiger partial charge in [-0.3, -0.25) is 4.79 Å². The second-order valence-electron chi connectivity index (χ2n) is 7.14. The van der Waals surface area contributed by atoms with E-state index in [0.717, 1.165) is 11.1 Å². The molecule has 0 aliphatic carbocycles. The smallest absolute Gasteiger partial charge is 0.262 e. The zero-order valence-electron chi connectivity index (χ0n) is 18.2. The lowest BCUT2D eigenvalue weighted by Gasteiger charge is -2.15. The molecule has 0 saturated heterocycles. The Morgan fingerprint density at radius 3 is 2.45 bits per heavy atom. The zero-order chi connectivity index (χ0) is 23.8. The maximum absolute atomic E-state index is 13.0. The molecule has 1 N–H and O–H groups in total. The molecule has 7 heteroatoms. The molecule has 0 aromatic heterocycles. The van der Waals surface area contributed by atoms with Crippen molar-refractivity contribution in [3.8, 4) is 17.6 Å². The van der Waals surface area contributed by atoms with E-state index >= 15 is 0 Å². The first kappa shape index (κ1) is 23.8. The topological polar surface area (TPSA) is 71.3 Å². The molecule has 0 radical (unpaired) electrons. The molecule has 0 saturated carbocycles. The number of carbonyl (C=O) groups is 1. The van der Waals surface area contributed by atoms with Crippen molar-refractivity contribution in [3.63, 3.8) is 0 Å². The number of rotatable bonds is 8. The second kappa shape index (κ2) is 11.2. The first-order valence-electron chi connectivity index (χ1n) is 10.2. The highest BCUT2D eigenvalue weighted by Crippen LogP contribution is 2.37. The third kappa shape index (κ3) is 6.58. The highest BCUT2D eigenvalue weighted by atomic mass is 35.5. The minimum Gasteiger partial charge on any atom is -0.490 e. The van der Waals surface area contributed by atoms with Crippen molar-refractivity contribution >= 4 is 34.8 Å². The maximum atomic E-state index is 13.0. The number of aryl methyl sites for hydroxylation is 1. The molecule has 0 heterocycles. The fourth-order valence-electron chi connectivity index (χ4n) is 3.02. The van der Waals surface area contributed by atoms with Crippen LogP contribution in [0.5, 0.6) is 11.5 Å². The van der Waals surface area contributed by atoms with Crippen molar-refractivity contribution in [2.45, 2.75) is 13.8 Å². The van der Waals surface area contributed by atoms with Crippen LogP contribution in [0.1, 0.15) is 23.6 Å². The number of halogens is 2. The summed E-state index contributed by atoms with van der Waals surface area (Å²) in [6.45, 7) is 3.82. The van der Waals surface area contributed by atoms with Crippen LogP contribution in [0.2, 0.25) is 5.02 Å². The van der Waals surface area contributed by atoms with Gasteiger partial charge in [0.15, 0.2) is 18.1 Å². The first-order chi connectivity index (χ1) is 15.9. The van der Waals surface area contributed by atoms with Gasteiger partial charge in [0.1, 0.15) is 5.82 Å². The second-order valence-corrected chi connectivity index (χ2v) is 7.55. The number of anilines is 1. The van der Waals surface area contributed by atoms with E-state index in [9.17, 15) is 14.4 Å². The summed E-state index contributed by atoms with van der Waals surface area (Å²) in [7, 11) is 0. The molecule has 1 amide bonds. The number of amides is 1. The molecular weight excluding hydrogens is 443 g/mol. The van der Waals surface area contributed by atoms with E-state index in [0.29, 0.717) is 29.2 Å². The fourth-order valence-corrected chi connectivity index (χ4v) is 3.30. The van der Waals surface area contributed by atoms with Gasteiger partial charge in [0.2, 0.25) is 0 Å². The standard InChI is InChI=1S/C26H22ClFN2O3/c1-3-32-24-14-18(12-20(15-29)19-6-4-17(2)5-7-19)13-23(27)26(24)33-16-25(31)30-22-10-8-21(28)9-11-22/h4-14H,3,16H2,1-2H3,(H,30,31)/b20-12-. The minimum absolute atomic E-state index is 0.221. The monoisotopic (exact) mass is 464 g/mol. The normalized spacial score (nSPS) is 10.9. The van der Waals surface area contributed by atoms with Crippen LogP contribution < -0.4 is 14.8 Å². The van der Waals surface area contributed by atoms with E-state index in [-0.39, 0.29) is 17.4 Å². The van der Waals surface area contributed by atoms with Gasteiger partial charge in [0, 0.05) is 5.69 Å². The van der Waals surface area contributed by atoms with Gasteiger partial charge in [0.05, 0.1) is 23.3 Å². The van der Waals surface area contributed by atoms with Crippen molar-refractivity contribution < 1.29 is 18.7 Å². The Hall–Kier alpha value is -3.82. The number of nitrogens with one attached hydrogen (secondary N) is 1. The molecule has 3 aromatic rings. The van der Waals surface area contributed by atoms with E-state index in [1.54, 1.807) is 18.2 Å². The molecule has 0 fully saturated rings. The van der Waals surface area contributed by atoms with Crippen molar-refractivity contribution in [2.75, 3.05) is 18.5 Å². The third-order valence-electron chi connectivity index (χ3n) is 4.60. The molecule has 0 spiro atoms. The summed E-state index contributed by atoms with van der Waals surface area (Å²) in [5.41, 5.74) is 3.46.